The number of carbonyl (C=O) groups excluding carboxylic acids is 4. The fourth-order valence-corrected chi connectivity index (χ4v) is 5.68. The summed E-state index contributed by atoms with van der Waals surface area (Å²) < 4.78 is 18.7. The maximum absolute atomic E-state index is 13.9. The van der Waals surface area contributed by atoms with Crippen LogP contribution in [-0.2, 0) is 36.9 Å². The van der Waals surface area contributed by atoms with E-state index in [0.717, 1.165) is 12.8 Å². The number of fused-ring (bicyclic) bond motifs is 1. The van der Waals surface area contributed by atoms with Gasteiger partial charge in [-0.1, -0.05) is 41.4 Å². The molecule has 4 amide bonds. The number of hydrogen-bond donors (Lipinski definition) is 1. The topological polar surface area (TPSA) is 158 Å². The van der Waals surface area contributed by atoms with E-state index in [2.05, 4.69) is 15.3 Å². The van der Waals surface area contributed by atoms with Crippen molar-refractivity contribution >= 4 is 69.6 Å². The highest BCUT2D eigenvalue weighted by Gasteiger charge is 2.36. The molecule has 4 heterocycles. The molecule has 0 spiro atoms. The largest absolute Gasteiger partial charge is 0.443 e. The van der Waals surface area contributed by atoms with Crippen LogP contribution in [0, 0.1) is 0 Å². The van der Waals surface area contributed by atoms with Gasteiger partial charge < -0.3 is 24.4 Å². The number of imide groups is 1. The number of amides is 4. The van der Waals surface area contributed by atoms with E-state index in [0.29, 0.717) is 34.2 Å². The Morgan fingerprint density at radius 1 is 0.942 bits per heavy atom. The van der Waals surface area contributed by atoms with Gasteiger partial charge in [0.25, 0.3) is 0 Å². The van der Waals surface area contributed by atoms with Crippen molar-refractivity contribution in [3.05, 3.63) is 76.3 Å². The summed E-state index contributed by atoms with van der Waals surface area (Å²) in [4.78, 5) is 65.5. The van der Waals surface area contributed by atoms with Crippen molar-refractivity contribution in [2.24, 2.45) is 0 Å². The van der Waals surface area contributed by atoms with Crippen LogP contribution in [0.1, 0.15) is 78.3 Å². The summed E-state index contributed by atoms with van der Waals surface area (Å²) in [6, 6.07) is 10.3. The first-order valence-corrected chi connectivity index (χ1v) is 17.4. The maximum atomic E-state index is 13.9. The second-order valence-corrected chi connectivity index (χ2v) is 14.9. The molecular formula is C36H41Cl2N7O7. The molecule has 1 N–H and O–H groups in total. The third kappa shape index (κ3) is 9.55. The summed E-state index contributed by atoms with van der Waals surface area (Å²) in [6.07, 6.45) is 4.24. The molecule has 0 saturated carbocycles. The number of anilines is 2. The van der Waals surface area contributed by atoms with Crippen LogP contribution < -0.4 is 10.2 Å². The second kappa shape index (κ2) is 15.8. The fourth-order valence-electron chi connectivity index (χ4n) is 5.31. The van der Waals surface area contributed by atoms with Gasteiger partial charge in [-0.25, -0.2) is 19.3 Å². The smallest absolute Gasteiger partial charge is 0.425 e. The predicted molar refractivity (Wildman–Crippen MR) is 195 cm³/mol. The number of rotatable bonds is 7. The fraction of sp³-hybridized carbons (Fsp3) is 0.417. The Labute approximate surface area is 311 Å². The third-order valence-corrected chi connectivity index (χ3v) is 8.42. The lowest BCUT2D eigenvalue weighted by molar-refractivity contribution is -0.144. The van der Waals surface area contributed by atoms with Crippen LogP contribution >= 0.6 is 23.2 Å². The highest BCUT2D eigenvalue weighted by molar-refractivity contribution is 6.42. The van der Waals surface area contributed by atoms with Crippen molar-refractivity contribution in [1.29, 1.82) is 0 Å². The van der Waals surface area contributed by atoms with Gasteiger partial charge >= 0.3 is 24.0 Å². The van der Waals surface area contributed by atoms with E-state index in [-0.39, 0.29) is 40.5 Å². The maximum Gasteiger partial charge on any atom is 0.425 e. The summed E-state index contributed by atoms with van der Waals surface area (Å²) in [5.74, 6) is -2.07. The highest BCUT2D eigenvalue weighted by atomic mass is 35.5. The van der Waals surface area contributed by atoms with Crippen molar-refractivity contribution in [2.75, 3.05) is 16.8 Å². The predicted octanol–water partition coefficient (Wildman–Crippen LogP) is 7.68. The van der Waals surface area contributed by atoms with Crippen LogP contribution in [0.15, 0.2) is 55.0 Å². The van der Waals surface area contributed by atoms with Crippen molar-refractivity contribution in [3.8, 4) is 0 Å². The zero-order valence-corrected chi connectivity index (χ0v) is 31.3. The molecule has 4 aromatic rings. The molecule has 16 heteroatoms. The molecule has 0 radical (unpaired) electrons. The van der Waals surface area contributed by atoms with Crippen molar-refractivity contribution in [2.45, 2.75) is 91.3 Å². The van der Waals surface area contributed by atoms with Gasteiger partial charge in [-0.05, 0) is 84.6 Å². The molecule has 0 aliphatic carbocycles. The van der Waals surface area contributed by atoms with Gasteiger partial charge in [0.1, 0.15) is 22.9 Å². The molecule has 276 valence electrons. The molecule has 1 saturated heterocycles. The number of nitrogens with zero attached hydrogens (tertiary/aromatic N) is 6. The van der Waals surface area contributed by atoms with Gasteiger partial charge in [-0.2, -0.15) is 10.00 Å². The monoisotopic (exact) mass is 753 g/mol. The van der Waals surface area contributed by atoms with E-state index in [1.807, 2.05) is 0 Å². The van der Waals surface area contributed by atoms with Crippen LogP contribution in [0.5, 0.6) is 0 Å². The molecule has 1 unspecified atom stereocenters. The molecule has 1 fully saturated rings. The minimum Gasteiger partial charge on any atom is -0.443 e. The van der Waals surface area contributed by atoms with E-state index < -0.39 is 41.4 Å². The average molecular weight is 755 g/mol. The molecule has 52 heavy (non-hydrogen) atoms. The molecule has 0 bridgehead atoms. The molecular weight excluding hydrogens is 713 g/mol. The summed E-state index contributed by atoms with van der Waals surface area (Å²) in [6.45, 7) is 10.4. The SMILES string of the molecule is CC(C)(C)OC(=O)N(C(=O)OC(C)(C)C)c1ncc(NC(=O)C(=O)N(Cc2ccccn2)Cc2cccc(Cl)c2Cl)c2nn(C3CCCCO3)cc12. The second-order valence-electron chi connectivity index (χ2n) is 14.1. The van der Waals surface area contributed by atoms with E-state index in [9.17, 15) is 19.2 Å². The van der Waals surface area contributed by atoms with Gasteiger partial charge in [-0.3, -0.25) is 14.6 Å². The van der Waals surface area contributed by atoms with Gasteiger partial charge in [0.2, 0.25) is 0 Å². The summed E-state index contributed by atoms with van der Waals surface area (Å²) in [5, 5.41) is 8.08. The Hall–Kier alpha value is -4.79. The van der Waals surface area contributed by atoms with Crippen LogP contribution in [-0.4, -0.2) is 66.5 Å². The van der Waals surface area contributed by atoms with Gasteiger partial charge in [-0.15, -0.1) is 0 Å². The number of pyridine rings is 2. The molecule has 5 rings (SSSR count). The molecule has 1 aliphatic heterocycles. The minimum atomic E-state index is -1.03. The van der Waals surface area contributed by atoms with Gasteiger partial charge in [0, 0.05) is 25.5 Å². The number of halogens is 2. The van der Waals surface area contributed by atoms with E-state index in [1.54, 1.807) is 95.0 Å². The number of carbonyl (C=O) groups is 4. The first-order chi connectivity index (χ1) is 24.5. The van der Waals surface area contributed by atoms with E-state index in [1.165, 1.54) is 11.1 Å². The van der Waals surface area contributed by atoms with E-state index in [4.69, 9.17) is 42.5 Å². The lowest BCUT2D eigenvalue weighted by Crippen LogP contribution is -2.44. The molecule has 3 aromatic heterocycles. The Bertz CT molecular complexity index is 1920. The van der Waals surface area contributed by atoms with Gasteiger partial charge in [0.15, 0.2) is 5.82 Å². The van der Waals surface area contributed by atoms with Crippen molar-refractivity contribution < 1.29 is 33.4 Å². The number of aromatic nitrogens is 4. The molecule has 1 atom stereocenters. The van der Waals surface area contributed by atoms with Crippen LogP contribution in [0.25, 0.3) is 10.9 Å². The first-order valence-electron chi connectivity index (χ1n) is 16.7. The standard InChI is InChI=1S/C36H41Cl2N7O7/c1-35(2,3)51-33(48)45(34(49)52-36(4,5)6)30-24-21-44(27-15-8-10-17-50-27)42-29(24)26(18-40-30)41-31(46)32(47)43(20-23-13-7-9-16-39-23)19-22-12-11-14-25(37)28(22)38/h7,9,11-14,16,18,21,27H,8,10,15,17,19-20H2,1-6H3,(H,41,46). The van der Waals surface area contributed by atoms with Crippen molar-refractivity contribution in [1.82, 2.24) is 24.6 Å². The highest BCUT2D eigenvalue weighted by Crippen LogP contribution is 2.34. The minimum absolute atomic E-state index is 0.0169. The number of ether oxygens (including phenoxy) is 3. The first kappa shape index (κ1) is 38.4. The summed E-state index contributed by atoms with van der Waals surface area (Å²) in [7, 11) is 0. The van der Waals surface area contributed by atoms with E-state index >= 15 is 0 Å². The molecule has 14 nitrogen and oxygen atoms in total. The summed E-state index contributed by atoms with van der Waals surface area (Å²) in [5.41, 5.74) is -0.714. The number of hydrogen-bond acceptors (Lipinski definition) is 10. The quantitative estimate of drug-likeness (QED) is 0.186. The zero-order valence-electron chi connectivity index (χ0n) is 29.8. The van der Waals surface area contributed by atoms with Crippen LogP contribution in [0.2, 0.25) is 10.0 Å². The lowest BCUT2D eigenvalue weighted by Gasteiger charge is -2.28. The van der Waals surface area contributed by atoms with Crippen LogP contribution in [0.4, 0.5) is 21.1 Å². The molecule has 1 aromatic carbocycles. The normalized spacial score (nSPS) is 14.8. The molecule has 1 aliphatic rings. The Morgan fingerprint density at radius 3 is 2.27 bits per heavy atom. The van der Waals surface area contributed by atoms with Crippen molar-refractivity contribution in [3.63, 3.8) is 0 Å². The third-order valence-electron chi connectivity index (χ3n) is 7.56. The lowest BCUT2D eigenvalue weighted by atomic mass is 10.2. The average Bonchev–Trinajstić information content (AvgIpc) is 3.53. The Morgan fingerprint density at radius 2 is 1.65 bits per heavy atom. The van der Waals surface area contributed by atoms with Gasteiger partial charge in [0.05, 0.1) is 39.6 Å². The number of nitrogens with one attached hydrogen (secondary N) is 1. The Balaban J connectivity index is 1.55. The summed E-state index contributed by atoms with van der Waals surface area (Å²) >= 11 is 12.7. The zero-order chi connectivity index (χ0) is 37.8. The van der Waals surface area contributed by atoms with Crippen LogP contribution in [0.3, 0.4) is 0 Å². The number of benzene rings is 1. The Kier molecular flexibility index (Phi) is 11.7.